The molecule has 1 atom stereocenters. The molecule has 3 rings (SSSR count). The maximum atomic E-state index is 12.8. The number of pyridine rings is 1. The van der Waals surface area contributed by atoms with Gasteiger partial charge in [0.2, 0.25) is 0 Å². The van der Waals surface area contributed by atoms with E-state index in [0.29, 0.717) is 10.8 Å². The molecule has 1 aromatic heterocycles. The summed E-state index contributed by atoms with van der Waals surface area (Å²) >= 11 is 0. The lowest BCUT2D eigenvalue weighted by atomic mass is 10.1. The maximum absolute atomic E-state index is 12.8. The summed E-state index contributed by atoms with van der Waals surface area (Å²) in [6.07, 6.45) is 0.667. The van der Waals surface area contributed by atoms with Gasteiger partial charge in [0.1, 0.15) is 11.6 Å². The number of ether oxygens (including phenoxy) is 1. The molecule has 0 fully saturated rings. The third-order valence-electron chi connectivity index (χ3n) is 4.05. The highest BCUT2D eigenvalue weighted by Crippen LogP contribution is 2.23. The Morgan fingerprint density at radius 3 is 2.17 bits per heavy atom. The van der Waals surface area contributed by atoms with Crippen LogP contribution in [-0.4, -0.2) is 45.6 Å². The number of carbonyl (C=O) groups excluding carboxylic acids is 4. The highest BCUT2D eigenvalue weighted by molar-refractivity contribution is 6.20. The van der Waals surface area contributed by atoms with Crippen molar-refractivity contribution in [1.29, 1.82) is 0 Å². The van der Waals surface area contributed by atoms with Crippen molar-refractivity contribution in [2.75, 3.05) is 0 Å². The van der Waals surface area contributed by atoms with E-state index in [1.807, 2.05) is 0 Å². The Kier molecular flexibility index (Phi) is 5.81. The van der Waals surface area contributed by atoms with Crippen LogP contribution < -0.4 is 5.32 Å². The lowest BCUT2D eigenvalue weighted by molar-refractivity contribution is -0.171. The van der Waals surface area contributed by atoms with Gasteiger partial charge in [-0.3, -0.25) is 14.6 Å². The van der Waals surface area contributed by atoms with Crippen LogP contribution in [-0.2, 0) is 20.8 Å². The number of amides is 3. The van der Waals surface area contributed by atoms with Crippen LogP contribution in [0.1, 0.15) is 47.2 Å². The predicted octanol–water partition coefficient (Wildman–Crippen LogP) is 2.27. The minimum absolute atomic E-state index is 0.0257. The Balaban J connectivity index is 1.77. The van der Waals surface area contributed by atoms with E-state index in [4.69, 9.17) is 9.57 Å². The molecule has 0 bridgehead atoms. The van der Waals surface area contributed by atoms with Crippen molar-refractivity contribution in [2.45, 2.75) is 38.8 Å². The SMILES string of the molecule is CC(C)(C)OC(=O)N[C@H](Cc1ccccn1)C(=O)ON1C(=O)c2ccccc2C1=O. The molecule has 0 saturated carbocycles. The van der Waals surface area contributed by atoms with Crippen LogP contribution in [0.5, 0.6) is 0 Å². The van der Waals surface area contributed by atoms with E-state index in [1.54, 1.807) is 51.1 Å². The zero-order valence-corrected chi connectivity index (χ0v) is 16.7. The summed E-state index contributed by atoms with van der Waals surface area (Å²) in [6.45, 7) is 5.03. The number of imide groups is 1. The molecule has 9 heteroatoms. The first-order chi connectivity index (χ1) is 14.2. The molecule has 1 N–H and O–H groups in total. The highest BCUT2D eigenvalue weighted by atomic mass is 16.7. The van der Waals surface area contributed by atoms with Gasteiger partial charge < -0.3 is 14.9 Å². The number of nitrogens with one attached hydrogen (secondary N) is 1. The third-order valence-corrected chi connectivity index (χ3v) is 4.05. The molecule has 0 radical (unpaired) electrons. The smallest absolute Gasteiger partial charge is 0.408 e. The summed E-state index contributed by atoms with van der Waals surface area (Å²) in [5, 5.41) is 2.82. The van der Waals surface area contributed by atoms with Crippen LogP contribution >= 0.6 is 0 Å². The molecule has 2 heterocycles. The minimum Gasteiger partial charge on any atom is -0.444 e. The average Bonchev–Trinajstić information content (AvgIpc) is 2.92. The maximum Gasteiger partial charge on any atom is 0.408 e. The summed E-state index contributed by atoms with van der Waals surface area (Å²) < 4.78 is 5.19. The number of nitrogens with zero attached hydrogens (tertiary/aromatic N) is 2. The molecular weight excluding hydrogens is 390 g/mol. The van der Waals surface area contributed by atoms with Gasteiger partial charge in [-0.15, -0.1) is 0 Å². The first kappa shape index (κ1) is 21.0. The van der Waals surface area contributed by atoms with Gasteiger partial charge in [0.25, 0.3) is 11.8 Å². The molecule has 0 saturated heterocycles. The Morgan fingerprint density at radius 2 is 1.63 bits per heavy atom. The van der Waals surface area contributed by atoms with Gasteiger partial charge in [-0.2, -0.15) is 0 Å². The molecule has 2 aromatic rings. The molecule has 0 spiro atoms. The Hall–Kier alpha value is -3.75. The van der Waals surface area contributed by atoms with Gasteiger partial charge in [0, 0.05) is 18.3 Å². The lowest BCUT2D eigenvalue weighted by Gasteiger charge is -2.23. The monoisotopic (exact) mass is 411 g/mol. The van der Waals surface area contributed by atoms with Gasteiger partial charge in [0.05, 0.1) is 11.1 Å². The fourth-order valence-corrected chi connectivity index (χ4v) is 2.77. The van der Waals surface area contributed by atoms with Gasteiger partial charge in [-0.25, -0.2) is 9.59 Å². The summed E-state index contributed by atoms with van der Waals surface area (Å²) in [5.41, 5.74) is -0.0160. The van der Waals surface area contributed by atoms with Crippen molar-refractivity contribution in [3.63, 3.8) is 0 Å². The number of carbonyl (C=O) groups is 4. The number of alkyl carbamates (subject to hydrolysis) is 1. The first-order valence-electron chi connectivity index (χ1n) is 9.25. The van der Waals surface area contributed by atoms with Crippen molar-refractivity contribution in [2.24, 2.45) is 0 Å². The van der Waals surface area contributed by atoms with E-state index in [2.05, 4.69) is 10.3 Å². The largest absolute Gasteiger partial charge is 0.444 e. The second kappa shape index (κ2) is 8.32. The van der Waals surface area contributed by atoms with Crippen molar-refractivity contribution >= 4 is 23.9 Å². The highest BCUT2D eigenvalue weighted by Gasteiger charge is 2.40. The van der Waals surface area contributed by atoms with Gasteiger partial charge >= 0.3 is 12.1 Å². The summed E-state index contributed by atoms with van der Waals surface area (Å²) in [6, 6.07) is 9.99. The lowest BCUT2D eigenvalue weighted by Crippen LogP contribution is -2.48. The van der Waals surface area contributed by atoms with Crippen molar-refractivity contribution in [3.8, 4) is 0 Å². The van der Waals surface area contributed by atoms with E-state index in [-0.39, 0.29) is 17.5 Å². The van der Waals surface area contributed by atoms with Crippen molar-refractivity contribution in [1.82, 2.24) is 15.4 Å². The number of rotatable bonds is 5. The molecule has 1 aliphatic heterocycles. The number of aromatic nitrogens is 1. The molecule has 156 valence electrons. The molecule has 0 unspecified atom stereocenters. The molecule has 9 nitrogen and oxygen atoms in total. The number of benzene rings is 1. The van der Waals surface area contributed by atoms with Crippen LogP contribution in [0.15, 0.2) is 48.7 Å². The van der Waals surface area contributed by atoms with E-state index < -0.39 is 35.5 Å². The van der Waals surface area contributed by atoms with E-state index in [1.165, 1.54) is 18.3 Å². The number of hydrogen-bond donors (Lipinski definition) is 1. The summed E-state index contributed by atoms with van der Waals surface area (Å²) in [7, 11) is 0. The standard InChI is InChI=1S/C21H21N3O6/c1-21(2,3)29-20(28)23-16(12-13-8-6-7-11-22-13)19(27)30-24-17(25)14-9-4-5-10-15(14)18(24)26/h4-11,16H,12H2,1-3H3,(H,23,28)/t16-/m1/s1. The molecule has 3 amide bonds. The summed E-state index contributed by atoms with van der Waals surface area (Å²) in [5.74, 6) is -2.50. The fourth-order valence-electron chi connectivity index (χ4n) is 2.77. The number of hydrogen-bond acceptors (Lipinski definition) is 7. The van der Waals surface area contributed by atoms with Crippen LogP contribution in [0.2, 0.25) is 0 Å². The van der Waals surface area contributed by atoms with Gasteiger partial charge in [0.15, 0.2) is 0 Å². The minimum atomic E-state index is -1.24. The topological polar surface area (TPSA) is 115 Å². The first-order valence-corrected chi connectivity index (χ1v) is 9.25. The second-order valence-corrected chi connectivity index (χ2v) is 7.58. The Labute approximate surface area is 172 Å². The Morgan fingerprint density at radius 1 is 1.03 bits per heavy atom. The molecule has 30 heavy (non-hydrogen) atoms. The van der Waals surface area contributed by atoms with Crippen molar-refractivity contribution < 1.29 is 28.8 Å². The number of hydroxylamine groups is 2. The predicted molar refractivity (Wildman–Crippen MR) is 104 cm³/mol. The summed E-state index contributed by atoms with van der Waals surface area (Å²) in [4.78, 5) is 59.1. The number of fused-ring (bicyclic) bond motifs is 1. The van der Waals surface area contributed by atoms with Crippen LogP contribution in [0.4, 0.5) is 4.79 Å². The zero-order valence-electron chi connectivity index (χ0n) is 16.7. The van der Waals surface area contributed by atoms with E-state index in [0.717, 1.165) is 0 Å². The molecule has 1 aliphatic rings. The molecule has 0 aliphatic carbocycles. The second-order valence-electron chi connectivity index (χ2n) is 7.58. The Bertz CT molecular complexity index is 949. The van der Waals surface area contributed by atoms with Crippen LogP contribution in [0.3, 0.4) is 0 Å². The van der Waals surface area contributed by atoms with E-state index in [9.17, 15) is 19.2 Å². The van der Waals surface area contributed by atoms with Crippen molar-refractivity contribution in [3.05, 3.63) is 65.5 Å². The van der Waals surface area contributed by atoms with E-state index >= 15 is 0 Å². The fraction of sp³-hybridized carbons (Fsp3) is 0.286. The molecule has 1 aromatic carbocycles. The quantitative estimate of drug-likeness (QED) is 0.751. The van der Waals surface area contributed by atoms with Crippen LogP contribution in [0.25, 0.3) is 0 Å². The average molecular weight is 411 g/mol. The molecular formula is C21H21N3O6. The normalized spacial score (nSPS) is 14.2. The van der Waals surface area contributed by atoms with Crippen LogP contribution in [0, 0.1) is 0 Å². The van der Waals surface area contributed by atoms with Gasteiger partial charge in [-0.1, -0.05) is 23.3 Å². The zero-order chi connectivity index (χ0) is 21.9. The third kappa shape index (κ3) is 4.80. The van der Waals surface area contributed by atoms with Gasteiger partial charge in [-0.05, 0) is 45.0 Å².